The molecule has 43 heavy (non-hydrogen) atoms. The fourth-order valence-corrected chi connectivity index (χ4v) is 12.5. The SMILES string of the molecule is CCCCCCCCCCCCC[P+](CCC)(CCCCCCCCCCCCC)CCCCCCCCCCCCC. The van der Waals surface area contributed by atoms with Gasteiger partial charge < -0.3 is 0 Å². The van der Waals surface area contributed by atoms with Crippen molar-refractivity contribution >= 4 is 7.26 Å². The first-order valence-corrected chi connectivity index (χ1v) is 23.6. The Morgan fingerprint density at radius 2 is 0.372 bits per heavy atom. The second-order valence-corrected chi connectivity index (χ2v) is 19.3. The van der Waals surface area contributed by atoms with E-state index in [4.69, 9.17) is 0 Å². The normalized spacial score (nSPS) is 12.0. The maximum Gasteiger partial charge on any atom is 0.0594 e. The van der Waals surface area contributed by atoms with Gasteiger partial charge in [-0.3, -0.25) is 0 Å². The first-order valence-electron chi connectivity index (χ1n) is 21.1. The Morgan fingerprint density at radius 3 is 0.558 bits per heavy atom. The molecule has 260 valence electrons. The van der Waals surface area contributed by atoms with Crippen LogP contribution in [0.1, 0.15) is 246 Å². The highest BCUT2D eigenvalue weighted by molar-refractivity contribution is 7.75. The Bertz CT molecular complexity index is 421. The molecule has 0 nitrogen and oxygen atoms in total. The molecule has 0 atom stereocenters. The average Bonchev–Trinajstić information content (AvgIpc) is 3.01. The van der Waals surface area contributed by atoms with Crippen LogP contribution in [0.5, 0.6) is 0 Å². The Kier molecular flexibility index (Phi) is 37.3. The molecule has 0 unspecified atom stereocenters. The van der Waals surface area contributed by atoms with Crippen LogP contribution in [0.3, 0.4) is 0 Å². The summed E-state index contributed by atoms with van der Waals surface area (Å²) in [4.78, 5) is 0. The Balaban J connectivity index is 4.35. The van der Waals surface area contributed by atoms with Crippen LogP contribution in [0.15, 0.2) is 0 Å². The third-order valence-corrected chi connectivity index (χ3v) is 15.6. The van der Waals surface area contributed by atoms with Gasteiger partial charge in [0.15, 0.2) is 0 Å². The molecule has 0 heterocycles. The molecule has 0 aromatic heterocycles. The van der Waals surface area contributed by atoms with Crippen molar-refractivity contribution in [2.45, 2.75) is 246 Å². The number of rotatable bonds is 38. The molecule has 0 spiro atoms. The van der Waals surface area contributed by atoms with Crippen molar-refractivity contribution in [2.24, 2.45) is 0 Å². The smallest absolute Gasteiger partial charge is 0.0594 e. The largest absolute Gasteiger partial charge is 0.0654 e. The van der Waals surface area contributed by atoms with Gasteiger partial charge in [0, 0.05) is 7.26 Å². The van der Waals surface area contributed by atoms with E-state index >= 15 is 0 Å². The predicted molar refractivity (Wildman–Crippen MR) is 206 cm³/mol. The summed E-state index contributed by atoms with van der Waals surface area (Å²) < 4.78 is 0. The second-order valence-electron chi connectivity index (χ2n) is 14.8. The van der Waals surface area contributed by atoms with Crippen molar-refractivity contribution in [3.05, 3.63) is 0 Å². The first-order chi connectivity index (χ1) is 21.2. The van der Waals surface area contributed by atoms with Gasteiger partial charge in [0.1, 0.15) is 0 Å². The van der Waals surface area contributed by atoms with Crippen LogP contribution in [0.2, 0.25) is 0 Å². The number of unbranched alkanes of at least 4 members (excludes halogenated alkanes) is 30. The van der Waals surface area contributed by atoms with Crippen molar-refractivity contribution in [1.82, 2.24) is 0 Å². The molecule has 0 saturated heterocycles. The minimum absolute atomic E-state index is 0.728. The molecule has 0 N–H and O–H groups in total. The quantitative estimate of drug-likeness (QED) is 0.0474. The average molecular weight is 624 g/mol. The summed E-state index contributed by atoms with van der Waals surface area (Å²) in [6, 6.07) is 0. The Morgan fingerprint density at radius 1 is 0.186 bits per heavy atom. The molecule has 0 radical (unpaired) electrons. The fourth-order valence-electron chi connectivity index (χ4n) is 7.48. The van der Waals surface area contributed by atoms with Crippen LogP contribution in [0, 0.1) is 0 Å². The summed E-state index contributed by atoms with van der Waals surface area (Å²) in [5, 5.41) is 0. The van der Waals surface area contributed by atoms with E-state index in [9.17, 15) is 0 Å². The van der Waals surface area contributed by atoms with Gasteiger partial charge in [-0.25, -0.2) is 0 Å². The number of hydrogen-bond acceptors (Lipinski definition) is 0. The van der Waals surface area contributed by atoms with E-state index in [-0.39, 0.29) is 0 Å². The highest BCUT2D eigenvalue weighted by Gasteiger charge is 2.34. The molecule has 0 bridgehead atoms. The van der Waals surface area contributed by atoms with Crippen molar-refractivity contribution < 1.29 is 0 Å². The van der Waals surface area contributed by atoms with Crippen molar-refractivity contribution in [3.8, 4) is 0 Å². The fraction of sp³-hybridized carbons (Fsp3) is 1.00. The Labute approximate surface area is 277 Å². The van der Waals surface area contributed by atoms with Crippen LogP contribution in [-0.2, 0) is 0 Å². The van der Waals surface area contributed by atoms with Gasteiger partial charge in [0.2, 0.25) is 0 Å². The molecule has 1 heteroatoms. The maximum absolute atomic E-state index is 2.50. The lowest BCUT2D eigenvalue weighted by Gasteiger charge is -2.28. The summed E-state index contributed by atoms with van der Waals surface area (Å²) in [7, 11) is -0.728. The summed E-state index contributed by atoms with van der Waals surface area (Å²) in [6.45, 7) is 9.48. The third kappa shape index (κ3) is 32.2. The summed E-state index contributed by atoms with van der Waals surface area (Å²) in [6.07, 6.45) is 57.1. The van der Waals surface area contributed by atoms with Crippen molar-refractivity contribution in [2.75, 3.05) is 24.6 Å². The van der Waals surface area contributed by atoms with Crippen LogP contribution >= 0.6 is 7.26 Å². The highest BCUT2D eigenvalue weighted by Crippen LogP contribution is 2.61. The molecule has 0 aliphatic heterocycles. The molecule has 0 aromatic carbocycles. The van der Waals surface area contributed by atoms with Gasteiger partial charge in [-0.15, -0.1) is 0 Å². The zero-order valence-electron chi connectivity index (χ0n) is 31.3. The molecular formula is C42H88P+. The van der Waals surface area contributed by atoms with Gasteiger partial charge in [0.25, 0.3) is 0 Å². The molecular weight excluding hydrogens is 535 g/mol. The van der Waals surface area contributed by atoms with Gasteiger partial charge in [0.05, 0.1) is 24.6 Å². The minimum atomic E-state index is -0.728. The Hall–Kier alpha value is 0.430. The molecule has 0 aliphatic carbocycles. The maximum atomic E-state index is 2.50. The van der Waals surface area contributed by atoms with E-state index in [1.54, 1.807) is 43.9 Å². The highest BCUT2D eigenvalue weighted by atomic mass is 31.2. The van der Waals surface area contributed by atoms with E-state index < -0.39 is 7.26 Å². The lowest BCUT2D eigenvalue weighted by Crippen LogP contribution is -2.13. The molecule has 0 aromatic rings. The second kappa shape index (κ2) is 36.9. The predicted octanol–water partition coefficient (Wildman–Crippen LogP) is 16.3. The molecule has 0 rings (SSSR count). The first kappa shape index (κ1) is 43.4. The van der Waals surface area contributed by atoms with E-state index in [0.717, 1.165) is 0 Å². The van der Waals surface area contributed by atoms with Crippen LogP contribution < -0.4 is 0 Å². The van der Waals surface area contributed by atoms with Gasteiger partial charge in [-0.1, -0.05) is 201 Å². The molecule has 0 fully saturated rings. The molecule has 0 aliphatic rings. The topological polar surface area (TPSA) is 0 Å². The zero-order valence-corrected chi connectivity index (χ0v) is 32.2. The van der Waals surface area contributed by atoms with Crippen LogP contribution in [0.4, 0.5) is 0 Å². The standard InChI is InChI=1S/C42H88P/c1-5-9-12-15-18-21-24-27-30-33-36-40-43(39-8-4,41-37-34-31-28-25-22-19-16-13-10-6-2)42-38-35-32-29-26-23-20-17-14-11-7-3/h5-42H2,1-4H3/q+1. The summed E-state index contributed by atoms with van der Waals surface area (Å²) in [5.41, 5.74) is 0. The lowest BCUT2D eigenvalue weighted by molar-refractivity contribution is 0.552. The van der Waals surface area contributed by atoms with E-state index in [1.807, 2.05) is 0 Å². The van der Waals surface area contributed by atoms with E-state index in [0.29, 0.717) is 0 Å². The van der Waals surface area contributed by atoms with E-state index in [2.05, 4.69) is 27.7 Å². The van der Waals surface area contributed by atoms with Crippen molar-refractivity contribution in [3.63, 3.8) is 0 Å². The lowest BCUT2D eigenvalue weighted by atomic mass is 10.1. The summed E-state index contributed by atoms with van der Waals surface area (Å²) in [5.74, 6) is 0. The zero-order chi connectivity index (χ0) is 31.4. The third-order valence-electron chi connectivity index (χ3n) is 10.4. The number of hydrogen-bond donors (Lipinski definition) is 0. The van der Waals surface area contributed by atoms with Crippen LogP contribution in [-0.4, -0.2) is 24.6 Å². The van der Waals surface area contributed by atoms with Gasteiger partial charge in [-0.05, 0) is 44.9 Å². The van der Waals surface area contributed by atoms with Gasteiger partial charge in [-0.2, -0.15) is 0 Å². The van der Waals surface area contributed by atoms with Gasteiger partial charge >= 0.3 is 0 Å². The monoisotopic (exact) mass is 624 g/mol. The molecule has 0 amide bonds. The molecule has 0 saturated carbocycles. The van der Waals surface area contributed by atoms with Crippen LogP contribution in [0.25, 0.3) is 0 Å². The minimum Gasteiger partial charge on any atom is -0.0654 e. The van der Waals surface area contributed by atoms with Crippen molar-refractivity contribution in [1.29, 1.82) is 0 Å². The summed E-state index contributed by atoms with van der Waals surface area (Å²) >= 11 is 0. The van der Waals surface area contributed by atoms with E-state index in [1.165, 1.54) is 199 Å².